The maximum atomic E-state index is 12.6. The minimum atomic E-state index is -0.538. The van der Waals surface area contributed by atoms with E-state index in [0.29, 0.717) is 16.9 Å². The highest BCUT2D eigenvalue weighted by molar-refractivity contribution is 9.10. The van der Waals surface area contributed by atoms with Crippen LogP contribution in [-0.4, -0.2) is 16.7 Å². The number of nitro benzene ring substituents is 1. The van der Waals surface area contributed by atoms with Crippen molar-refractivity contribution in [3.8, 4) is 0 Å². The second-order valence-electron chi connectivity index (χ2n) is 5.76. The van der Waals surface area contributed by atoms with Crippen molar-refractivity contribution in [3.63, 3.8) is 0 Å². The molecule has 8 heteroatoms. The molecule has 7 nitrogen and oxygen atoms in total. The van der Waals surface area contributed by atoms with Crippen molar-refractivity contribution in [1.29, 1.82) is 0 Å². The fourth-order valence-corrected chi connectivity index (χ4v) is 2.72. The summed E-state index contributed by atoms with van der Waals surface area (Å²) >= 11 is 3.33. The van der Waals surface area contributed by atoms with Crippen molar-refractivity contribution in [2.75, 3.05) is 10.6 Å². The predicted molar refractivity (Wildman–Crippen MR) is 110 cm³/mol. The molecule has 2 N–H and O–H groups in total. The summed E-state index contributed by atoms with van der Waals surface area (Å²) in [5.74, 6) is -0.847. The highest BCUT2D eigenvalue weighted by Gasteiger charge is 2.15. The molecule has 0 unspecified atom stereocenters. The number of carbonyl (C=O) groups is 2. The standard InChI is InChI=1S/C20H14BrN3O4/c21-14-7-9-15(10-8-14)22-20(26)17-3-1-2-4-18(17)23-19(25)13-5-11-16(12-6-13)24(27)28/h1-12H,(H,22,26)(H,23,25). The number of para-hydroxylation sites is 1. The largest absolute Gasteiger partial charge is 0.322 e. The Labute approximate surface area is 168 Å². The Bertz CT molecular complexity index is 1030. The van der Waals surface area contributed by atoms with Gasteiger partial charge in [-0.25, -0.2) is 0 Å². The van der Waals surface area contributed by atoms with E-state index < -0.39 is 10.8 Å². The van der Waals surface area contributed by atoms with Crippen LogP contribution in [0.4, 0.5) is 17.1 Å². The smallest absolute Gasteiger partial charge is 0.269 e. The monoisotopic (exact) mass is 439 g/mol. The normalized spacial score (nSPS) is 10.2. The average Bonchev–Trinajstić information content (AvgIpc) is 2.70. The minimum Gasteiger partial charge on any atom is -0.322 e. The Morgan fingerprint density at radius 2 is 1.46 bits per heavy atom. The number of nitrogens with one attached hydrogen (secondary N) is 2. The van der Waals surface area contributed by atoms with Gasteiger partial charge in [0.1, 0.15) is 0 Å². The van der Waals surface area contributed by atoms with Crippen molar-refractivity contribution in [3.05, 3.63) is 98.5 Å². The van der Waals surface area contributed by atoms with Gasteiger partial charge in [-0.3, -0.25) is 19.7 Å². The lowest BCUT2D eigenvalue weighted by Gasteiger charge is -2.11. The maximum absolute atomic E-state index is 12.6. The van der Waals surface area contributed by atoms with Crippen molar-refractivity contribution >= 4 is 44.8 Å². The van der Waals surface area contributed by atoms with Crippen LogP contribution in [0.2, 0.25) is 0 Å². The second kappa shape index (κ2) is 8.45. The van der Waals surface area contributed by atoms with Crippen LogP contribution < -0.4 is 10.6 Å². The molecule has 0 aliphatic carbocycles. The predicted octanol–water partition coefficient (Wildman–Crippen LogP) is 4.86. The highest BCUT2D eigenvalue weighted by atomic mass is 79.9. The fourth-order valence-electron chi connectivity index (χ4n) is 2.45. The van der Waals surface area contributed by atoms with Crippen molar-refractivity contribution in [2.24, 2.45) is 0 Å². The number of non-ortho nitro benzene ring substituents is 1. The number of amides is 2. The van der Waals surface area contributed by atoms with Crippen LogP contribution in [0, 0.1) is 10.1 Å². The van der Waals surface area contributed by atoms with Gasteiger partial charge in [0, 0.05) is 27.9 Å². The van der Waals surface area contributed by atoms with Crippen molar-refractivity contribution in [2.45, 2.75) is 0 Å². The van der Waals surface area contributed by atoms with Gasteiger partial charge in [-0.1, -0.05) is 28.1 Å². The fraction of sp³-hybridized carbons (Fsp3) is 0. The molecular formula is C20H14BrN3O4. The number of anilines is 2. The Morgan fingerprint density at radius 3 is 2.11 bits per heavy atom. The van der Waals surface area contributed by atoms with Crippen LogP contribution >= 0.6 is 15.9 Å². The minimum absolute atomic E-state index is 0.106. The zero-order valence-electron chi connectivity index (χ0n) is 14.4. The zero-order valence-corrected chi connectivity index (χ0v) is 16.0. The molecule has 2 amide bonds. The first-order valence-electron chi connectivity index (χ1n) is 8.16. The topological polar surface area (TPSA) is 101 Å². The number of nitrogens with zero attached hydrogens (tertiary/aromatic N) is 1. The van der Waals surface area contributed by atoms with Crippen molar-refractivity contribution in [1.82, 2.24) is 0 Å². The third-order valence-corrected chi connectivity index (χ3v) is 4.39. The van der Waals surface area contributed by atoms with Gasteiger partial charge in [0.25, 0.3) is 17.5 Å². The molecule has 0 aliphatic heterocycles. The van der Waals surface area contributed by atoms with E-state index in [1.54, 1.807) is 48.5 Å². The first-order chi connectivity index (χ1) is 13.4. The van der Waals surface area contributed by atoms with E-state index in [1.807, 2.05) is 0 Å². The molecule has 0 fully saturated rings. The summed E-state index contributed by atoms with van der Waals surface area (Å²) in [7, 11) is 0. The van der Waals surface area contributed by atoms with Gasteiger partial charge in [-0.2, -0.15) is 0 Å². The third kappa shape index (κ3) is 4.60. The molecule has 0 aliphatic rings. The van der Waals surface area contributed by atoms with Gasteiger partial charge in [-0.15, -0.1) is 0 Å². The van der Waals surface area contributed by atoms with Crippen LogP contribution in [0.3, 0.4) is 0 Å². The molecule has 28 heavy (non-hydrogen) atoms. The number of halogens is 1. The van der Waals surface area contributed by atoms with Gasteiger partial charge in [0.15, 0.2) is 0 Å². The summed E-state index contributed by atoms with van der Waals surface area (Å²) in [6.45, 7) is 0. The molecule has 140 valence electrons. The molecule has 0 radical (unpaired) electrons. The molecule has 0 saturated heterocycles. The van der Waals surface area contributed by atoms with E-state index >= 15 is 0 Å². The molecule has 3 aromatic carbocycles. The van der Waals surface area contributed by atoms with Crippen LogP contribution in [0.1, 0.15) is 20.7 Å². The first-order valence-corrected chi connectivity index (χ1v) is 8.95. The number of hydrogen-bond acceptors (Lipinski definition) is 4. The van der Waals surface area contributed by atoms with E-state index in [1.165, 1.54) is 24.3 Å². The molecular weight excluding hydrogens is 426 g/mol. The Morgan fingerprint density at radius 1 is 0.821 bits per heavy atom. The average molecular weight is 440 g/mol. The number of rotatable bonds is 5. The molecule has 0 atom stereocenters. The summed E-state index contributed by atoms with van der Waals surface area (Å²) in [5, 5.41) is 16.2. The van der Waals surface area contributed by atoms with Crippen molar-refractivity contribution < 1.29 is 14.5 Å². The lowest BCUT2D eigenvalue weighted by Crippen LogP contribution is -2.18. The summed E-state index contributed by atoms with van der Waals surface area (Å²) in [5.41, 5.74) is 1.38. The van der Waals surface area contributed by atoms with Gasteiger partial charge < -0.3 is 10.6 Å². The summed E-state index contributed by atoms with van der Waals surface area (Å²) < 4.78 is 0.890. The van der Waals surface area contributed by atoms with Crippen LogP contribution in [0.5, 0.6) is 0 Å². The van der Waals surface area contributed by atoms with Crippen LogP contribution in [0.25, 0.3) is 0 Å². The molecule has 0 saturated carbocycles. The number of hydrogen-bond donors (Lipinski definition) is 2. The highest BCUT2D eigenvalue weighted by Crippen LogP contribution is 2.20. The summed E-state index contributed by atoms with van der Waals surface area (Å²) in [6.07, 6.45) is 0. The molecule has 3 rings (SSSR count). The van der Waals surface area contributed by atoms with Gasteiger partial charge >= 0.3 is 0 Å². The Hall–Kier alpha value is -3.52. The van der Waals surface area contributed by atoms with E-state index in [4.69, 9.17) is 0 Å². The number of carbonyl (C=O) groups excluding carboxylic acids is 2. The molecule has 0 aromatic heterocycles. The number of nitro groups is 1. The lowest BCUT2D eigenvalue weighted by molar-refractivity contribution is -0.384. The summed E-state index contributed by atoms with van der Waals surface area (Å²) in [4.78, 5) is 35.2. The Balaban J connectivity index is 1.77. The van der Waals surface area contributed by atoms with Gasteiger partial charge in [0.05, 0.1) is 16.2 Å². The van der Waals surface area contributed by atoms with E-state index in [0.717, 1.165) is 4.47 Å². The van der Waals surface area contributed by atoms with Crippen LogP contribution in [-0.2, 0) is 0 Å². The molecule has 0 spiro atoms. The molecule has 0 heterocycles. The van der Waals surface area contributed by atoms with Gasteiger partial charge in [0.2, 0.25) is 0 Å². The molecule has 3 aromatic rings. The molecule has 0 bridgehead atoms. The SMILES string of the molecule is O=C(Nc1ccccc1C(=O)Nc1ccc(Br)cc1)c1ccc([N+](=O)[O-])cc1. The summed E-state index contributed by atoms with van der Waals surface area (Å²) in [6, 6.07) is 18.9. The third-order valence-electron chi connectivity index (χ3n) is 3.86. The quantitative estimate of drug-likeness (QED) is 0.437. The maximum Gasteiger partial charge on any atom is 0.269 e. The number of benzene rings is 3. The van der Waals surface area contributed by atoms with E-state index in [-0.39, 0.29) is 17.2 Å². The second-order valence-corrected chi connectivity index (χ2v) is 6.68. The first kappa shape index (κ1) is 19.2. The van der Waals surface area contributed by atoms with Crippen LogP contribution in [0.15, 0.2) is 77.3 Å². The zero-order chi connectivity index (χ0) is 20.1. The lowest BCUT2D eigenvalue weighted by atomic mass is 10.1. The van der Waals surface area contributed by atoms with E-state index in [2.05, 4.69) is 26.6 Å². The van der Waals surface area contributed by atoms with E-state index in [9.17, 15) is 19.7 Å². The Kier molecular flexibility index (Phi) is 5.81. The van der Waals surface area contributed by atoms with Gasteiger partial charge in [-0.05, 0) is 48.5 Å².